The molecule has 0 bridgehead atoms. The molecule has 1 aromatic carbocycles. The SMILES string of the molecule is FC(F)(F)Oc1ccc(C(Br)c2ccc(Br)s2)cc1. The average molecular weight is 416 g/mol. The molecule has 0 amide bonds. The van der Waals surface area contributed by atoms with Gasteiger partial charge in [0.2, 0.25) is 0 Å². The van der Waals surface area contributed by atoms with Gasteiger partial charge in [-0.3, -0.25) is 0 Å². The first kappa shape index (κ1) is 14.9. The van der Waals surface area contributed by atoms with Crippen LogP contribution in [0.15, 0.2) is 40.2 Å². The highest BCUT2D eigenvalue weighted by atomic mass is 79.9. The third-order valence-electron chi connectivity index (χ3n) is 2.25. The monoisotopic (exact) mass is 414 g/mol. The summed E-state index contributed by atoms with van der Waals surface area (Å²) in [4.78, 5) is 1.01. The molecule has 1 atom stereocenters. The van der Waals surface area contributed by atoms with E-state index in [9.17, 15) is 13.2 Å². The zero-order chi connectivity index (χ0) is 14.0. The number of ether oxygens (including phenoxy) is 1. The molecule has 7 heteroatoms. The normalized spacial score (nSPS) is 13.3. The lowest BCUT2D eigenvalue weighted by Gasteiger charge is -2.11. The topological polar surface area (TPSA) is 9.23 Å². The van der Waals surface area contributed by atoms with Gasteiger partial charge >= 0.3 is 6.36 Å². The minimum absolute atomic E-state index is 0.0521. The van der Waals surface area contributed by atoms with Crippen molar-refractivity contribution in [1.29, 1.82) is 0 Å². The van der Waals surface area contributed by atoms with Crippen LogP contribution in [0.2, 0.25) is 0 Å². The Kier molecular flexibility index (Phi) is 4.58. The summed E-state index contributed by atoms with van der Waals surface area (Å²) in [6.07, 6.45) is -4.66. The Hall–Kier alpha value is -0.530. The Balaban J connectivity index is 2.14. The largest absolute Gasteiger partial charge is 0.573 e. The van der Waals surface area contributed by atoms with Gasteiger partial charge in [0, 0.05) is 4.88 Å². The molecule has 0 aliphatic rings. The van der Waals surface area contributed by atoms with Crippen molar-refractivity contribution in [2.24, 2.45) is 0 Å². The molecule has 0 spiro atoms. The van der Waals surface area contributed by atoms with Gasteiger partial charge in [-0.25, -0.2) is 0 Å². The molecule has 2 aromatic rings. The molecule has 1 nitrogen and oxygen atoms in total. The van der Waals surface area contributed by atoms with Crippen molar-refractivity contribution >= 4 is 43.2 Å². The van der Waals surface area contributed by atoms with Crippen LogP contribution in [0, 0.1) is 0 Å². The number of hydrogen-bond donors (Lipinski definition) is 0. The van der Waals surface area contributed by atoms with Gasteiger partial charge in [0.15, 0.2) is 0 Å². The molecular formula is C12H7Br2F3OS. The van der Waals surface area contributed by atoms with E-state index in [1.807, 2.05) is 12.1 Å². The van der Waals surface area contributed by atoms with Gasteiger partial charge in [0.1, 0.15) is 5.75 Å². The standard InChI is InChI=1S/C12H7Br2F3OS/c13-10-6-5-9(19-10)11(14)7-1-3-8(4-2-7)18-12(15,16)17/h1-6,11H. The number of rotatable bonds is 3. The molecule has 102 valence electrons. The first-order valence-electron chi connectivity index (χ1n) is 5.10. The molecule has 0 saturated heterocycles. The summed E-state index contributed by atoms with van der Waals surface area (Å²) < 4.78 is 40.9. The molecule has 0 fully saturated rings. The zero-order valence-electron chi connectivity index (χ0n) is 9.25. The van der Waals surface area contributed by atoms with Crippen LogP contribution in [0.4, 0.5) is 13.2 Å². The van der Waals surface area contributed by atoms with E-state index in [1.165, 1.54) is 12.1 Å². The Morgan fingerprint density at radius 2 is 1.68 bits per heavy atom. The number of hydrogen-bond acceptors (Lipinski definition) is 2. The van der Waals surface area contributed by atoms with Crippen LogP contribution in [-0.4, -0.2) is 6.36 Å². The second-order valence-corrected chi connectivity index (χ2v) is 7.03. The van der Waals surface area contributed by atoms with Crippen LogP contribution in [0.25, 0.3) is 0 Å². The Labute approximate surface area is 128 Å². The highest BCUT2D eigenvalue weighted by Crippen LogP contribution is 2.37. The summed E-state index contributed by atoms with van der Waals surface area (Å²) in [5.41, 5.74) is 0.865. The van der Waals surface area contributed by atoms with Crippen LogP contribution in [0.3, 0.4) is 0 Å². The van der Waals surface area contributed by atoms with Crippen LogP contribution in [0.1, 0.15) is 15.3 Å². The van der Waals surface area contributed by atoms with Crippen molar-refractivity contribution in [2.75, 3.05) is 0 Å². The van der Waals surface area contributed by atoms with Gasteiger partial charge in [-0.2, -0.15) is 0 Å². The summed E-state index contributed by atoms with van der Waals surface area (Å²) in [7, 11) is 0. The van der Waals surface area contributed by atoms with Crippen molar-refractivity contribution in [3.63, 3.8) is 0 Å². The van der Waals surface area contributed by atoms with Crippen LogP contribution >= 0.6 is 43.2 Å². The van der Waals surface area contributed by atoms with Crippen LogP contribution in [0.5, 0.6) is 5.75 Å². The van der Waals surface area contributed by atoms with E-state index in [-0.39, 0.29) is 10.6 Å². The fourth-order valence-electron chi connectivity index (χ4n) is 1.47. The molecule has 0 saturated carbocycles. The Bertz CT molecular complexity index is 551. The van der Waals surface area contributed by atoms with E-state index in [0.717, 1.165) is 14.2 Å². The molecule has 0 N–H and O–H groups in total. The zero-order valence-corrected chi connectivity index (χ0v) is 13.2. The smallest absolute Gasteiger partial charge is 0.406 e. The lowest BCUT2D eigenvalue weighted by Crippen LogP contribution is -2.17. The van der Waals surface area contributed by atoms with Crippen molar-refractivity contribution in [3.8, 4) is 5.75 Å². The van der Waals surface area contributed by atoms with Crippen LogP contribution in [-0.2, 0) is 0 Å². The van der Waals surface area contributed by atoms with Crippen molar-refractivity contribution in [2.45, 2.75) is 11.2 Å². The number of halogens is 5. The van der Waals surface area contributed by atoms with Gasteiger partial charge in [-0.1, -0.05) is 28.1 Å². The predicted molar refractivity (Wildman–Crippen MR) is 75.9 cm³/mol. The summed E-state index contributed by atoms with van der Waals surface area (Å²) in [5.74, 6) is -0.219. The summed E-state index contributed by atoms with van der Waals surface area (Å²) >= 11 is 8.45. The average Bonchev–Trinajstić information content (AvgIpc) is 2.74. The lowest BCUT2D eigenvalue weighted by molar-refractivity contribution is -0.274. The first-order valence-corrected chi connectivity index (χ1v) is 7.63. The van der Waals surface area contributed by atoms with Gasteiger partial charge in [0.25, 0.3) is 0 Å². The minimum atomic E-state index is -4.66. The quantitative estimate of drug-likeness (QED) is 0.567. The molecule has 0 aliphatic heterocycles. The van der Waals surface area contributed by atoms with E-state index < -0.39 is 6.36 Å². The molecule has 0 aliphatic carbocycles. The highest BCUT2D eigenvalue weighted by molar-refractivity contribution is 9.11. The second kappa shape index (κ2) is 5.85. The van der Waals surface area contributed by atoms with Gasteiger partial charge in [0.05, 0.1) is 8.61 Å². The van der Waals surface area contributed by atoms with Gasteiger partial charge in [-0.05, 0) is 45.8 Å². The van der Waals surface area contributed by atoms with Crippen LogP contribution < -0.4 is 4.74 Å². The maximum Gasteiger partial charge on any atom is 0.573 e. The van der Waals surface area contributed by atoms with Crippen molar-refractivity contribution in [3.05, 3.63) is 50.6 Å². The fraction of sp³-hybridized carbons (Fsp3) is 0.167. The Morgan fingerprint density at radius 1 is 1.05 bits per heavy atom. The molecule has 2 rings (SSSR count). The van der Waals surface area contributed by atoms with E-state index in [2.05, 4.69) is 36.6 Å². The molecule has 1 unspecified atom stereocenters. The molecule has 1 aromatic heterocycles. The van der Waals surface area contributed by atoms with E-state index in [0.29, 0.717) is 0 Å². The van der Waals surface area contributed by atoms with Crippen molar-refractivity contribution in [1.82, 2.24) is 0 Å². The lowest BCUT2D eigenvalue weighted by atomic mass is 10.1. The maximum atomic E-state index is 12.0. The molecule has 19 heavy (non-hydrogen) atoms. The maximum absolute atomic E-state index is 12.0. The third kappa shape index (κ3) is 4.22. The number of thiophene rings is 1. The fourth-order valence-corrected chi connectivity index (χ4v) is 3.64. The second-order valence-electron chi connectivity index (χ2n) is 3.62. The van der Waals surface area contributed by atoms with Crippen molar-refractivity contribution < 1.29 is 17.9 Å². The number of alkyl halides is 4. The molecule has 1 heterocycles. The van der Waals surface area contributed by atoms with E-state index in [4.69, 9.17) is 0 Å². The summed E-state index contributed by atoms with van der Waals surface area (Å²) in [5, 5.41) is 0. The first-order chi connectivity index (χ1) is 8.85. The highest BCUT2D eigenvalue weighted by Gasteiger charge is 2.31. The molecular weight excluding hydrogens is 409 g/mol. The van der Waals surface area contributed by atoms with E-state index in [1.54, 1.807) is 23.5 Å². The van der Waals surface area contributed by atoms with Gasteiger partial charge in [-0.15, -0.1) is 24.5 Å². The minimum Gasteiger partial charge on any atom is -0.406 e. The summed E-state index contributed by atoms with van der Waals surface area (Å²) in [6, 6.07) is 9.70. The van der Waals surface area contributed by atoms with E-state index >= 15 is 0 Å². The molecule has 0 radical (unpaired) electrons. The third-order valence-corrected chi connectivity index (χ3v) is 5.26. The number of benzene rings is 1. The van der Waals surface area contributed by atoms with Gasteiger partial charge < -0.3 is 4.74 Å². The predicted octanol–water partition coefficient (Wildman–Crippen LogP) is 5.89. The summed E-state index contributed by atoms with van der Waals surface area (Å²) in [6.45, 7) is 0. The Morgan fingerprint density at radius 3 is 2.16 bits per heavy atom.